The highest BCUT2D eigenvalue weighted by atomic mass is 16.3. The third-order valence-corrected chi connectivity index (χ3v) is 3.03. The number of hydrogen-bond donors (Lipinski definition) is 1. The Kier molecular flexibility index (Phi) is 3.85. The van der Waals surface area contributed by atoms with Gasteiger partial charge in [-0.1, -0.05) is 32.0 Å². The molecule has 0 bridgehead atoms. The lowest BCUT2D eigenvalue weighted by Gasteiger charge is -2.15. The number of para-hydroxylation sites is 1. The molecule has 2 nitrogen and oxygen atoms in total. The van der Waals surface area contributed by atoms with Crippen molar-refractivity contribution in [2.45, 2.75) is 39.8 Å². The van der Waals surface area contributed by atoms with Crippen LogP contribution in [-0.4, -0.2) is 6.04 Å². The molecule has 0 radical (unpaired) electrons. The normalized spacial score (nSPS) is 13.4. The summed E-state index contributed by atoms with van der Waals surface area (Å²) in [5.41, 5.74) is 2.22. The van der Waals surface area contributed by atoms with Gasteiger partial charge in [-0.2, -0.15) is 0 Å². The van der Waals surface area contributed by atoms with Gasteiger partial charge in [0, 0.05) is 23.5 Å². The zero-order valence-corrected chi connectivity index (χ0v) is 10.9. The molecule has 0 fully saturated rings. The Morgan fingerprint density at radius 1 is 1.18 bits per heavy atom. The van der Waals surface area contributed by atoms with E-state index in [-0.39, 0.29) is 0 Å². The van der Waals surface area contributed by atoms with Gasteiger partial charge in [-0.3, -0.25) is 0 Å². The molecular formula is C15H21NO. The molecule has 2 heteroatoms. The number of hydrogen-bond acceptors (Lipinski definition) is 2. The van der Waals surface area contributed by atoms with E-state index in [9.17, 15) is 0 Å². The topological polar surface area (TPSA) is 25.2 Å². The summed E-state index contributed by atoms with van der Waals surface area (Å²) in [5.74, 6) is 0.735. The van der Waals surface area contributed by atoms with Crippen LogP contribution in [0, 0.1) is 5.92 Å². The highest BCUT2D eigenvalue weighted by Crippen LogP contribution is 2.20. The maximum Gasteiger partial charge on any atom is 0.134 e. The summed E-state index contributed by atoms with van der Waals surface area (Å²) in [7, 11) is 0. The summed E-state index contributed by atoms with van der Waals surface area (Å²) < 4.78 is 5.52. The molecule has 0 aliphatic rings. The van der Waals surface area contributed by atoms with Crippen LogP contribution in [0.2, 0.25) is 0 Å². The first kappa shape index (κ1) is 12.2. The largest absolute Gasteiger partial charge is 0.464 e. The zero-order valence-electron chi connectivity index (χ0n) is 10.9. The monoisotopic (exact) mass is 231 g/mol. The lowest BCUT2D eigenvalue weighted by molar-refractivity contribution is 0.441. The fourth-order valence-electron chi connectivity index (χ4n) is 2.24. The van der Waals surface area contributed by atoms with Gasteiger partial charge in [0.25, 0.3) is 0 Å². The van der Waals surface area contributed by atoms with E-state index >= 15 is 0 Å². The van der Waals surface area contributed by atoms with Gasteiger partial charge in [0.2, 0.25) is 0 Å². The molecule has 1 heterocycles. The van der Waals surface area contributed by atoms with Crippen molar-refractivity contribution in [3.63, 3.8) is 0 Å². The first-order chi connectivity index (χ1) is 8.16. The van der Waals surface area contributed by atoms with Gasteiger partial charge >= 0.3 is 0 Å². The second-order valence-corrected chi connectivity index (χ2v) is 5.17. The van der Waals surface area contributed by atoms with Crippen LogP contribution in [0.15, 0.2) is 34.9 Å². The van der Waals surface area contributed by atoms with Gasteiger partial charge in [0.1, 0.15) is 5.58 Å². The van der Waals surface area contributed by atoms with E-state index in [1.54, 1.807) is 0 Å². The summed E-state index contributed by atoms with van der Waals surface area (Å²) in [4.78, 5) is 0. The lowest BCUT2D eigenvalue weighted by atomic mass is 10.0. The molecule has 1 atom stereocenters. The van der Waals surface area contributed by atoms with Gasteiger partial charge in [-0.05, 0) is 25.3 Å². The molecule has 92 valence electrons. The Morgan fingerprint density at radius 2 is 1.94 bits per heavy atom. The lowest BCUT2D eigenvalue weighted by Crippen LogP contribution is -2.26. The second kappa shape index (κ2) is 5.37. The molecule has 0 aliphatic heterocycles. The molecule has 2 aromatic rings. The van der Waals surface area contributed by atoms with Crippen LogP contribution < -0.4 is 5.32 Å². The van der Waals surface area contributed by atoms with Crippen LogP contribution in [0.1, 0.15) is 32.8 Å². The number of fused-ring (bicyclic) bond motifs is 1. The smallest absolute Gasteiger partial charge is 0.134 e. The number of furan rings is 1. The number of nitrogens with one attached hydrogen (secondary N) is 1. The second-order valence-electron chi connectivity index (χ2n) is 5.17. The molecule has 0 aliphatic carbocycles. The summed E-state index contributed by atoms with van der Waals surface area (Å²) >= 11 is 0. The predicted molar refractivity (Wildman–Crippen MR) is 72.0 cm³/mol. The van der Waals surface area contributed by atoms with Crippen molar-refractivity contribution < 1.29 is 4.42 Å². The van der Waals surface area contributed by atoms with E-state index in [0.717, 1.165) is 18.0 Å². The molecule has 1 aromatic carbocycles. The Hall–Kier alpha value is -1.28. The fourth-order valence-corrected chi connectivity index (χ4v) is 2.24. The summed E-state index contributed by atoms with van der Waals surface area (Å²) in [5, 5.41) is 4.77. The molecule has 0 saturated heterocycles. The molecule has 1 N–H and O–H groups in total. The maximum absolute atomic E-state index is 5.52. The fraction of sp³-hybridized carbons (Fsp3) is 0.467. The summed E-state index contributed by atoms with van der Waals surface area (Å²) in [6.07, 6.45) is 3.07. The molecular weight excluding hydrogens is 210 g/mol. The van der Waals surface area contributed by atoms with Crippen molar-refractivity contribution in [2.24, 2.45) is 5.92 Å². The van der Waals surface area contributed by atoms with E-state index < -0.39 is 0 Å². The van der Waals surface area contributed by atoms with E-state index in [4.69, 9.17) is 4.42 Å². The zero-order chi connectivity index (χ0) is 12.3. The van der Waals surface area contributed by atoms with Gasteiger partial charge in [-0.15, -0.1) is 0 Å². The third kappa shape index (κ3) is 3.10. The highest BCUT2D eigenvalue weighted by Gasteiger charge is 2.08. The van der Waals surface area contributed by atoms with Crippen molar-refractivity contribution in [2.75, 3.05) is 0 Å². The van der Waals surface area contributed by atoms with Crippen LogP contribution in [0.3, 0.4) is 0 Å². The van der Waals surface area contributed by atoms with Crippen molar-refractivity contribution >= 4 is 11.0 Å². The first-order valence-corrected chi connectivity index (χ1v) is 6.35. The van der Waals surface area contributed by atoms with Crippen molar-refractivity contribution in [1.82, 2.24) is 5.32 Å². The van der Waals surface area contributed by atoms with Gasteiger partial charge < -0.3 is 9.73 Å². The van der Waals surface area contributed by atoms with Crippen LogP contribution >= 0.6 is 0 Å². The van der Waals surface area contributed by atoms with Gasteiger partial charge in [0.05, 0.1) is 6.26 Å². The standard InChI is InChI=1S/C15H21NO/c1-11(2)8-12(3)16-9-13-10-17-15-7-5-4-6-14(13)15/h4-7,10-12,16H,8-9H2,1-3H3. The molecule has 0 saturated carbocycles. The Bertz CT molecular complexity index is 472. The minimum absolute atomic E-state index is 0.545. The highest BCUT2D eigenvalue weighted by molar-refractivity contribution is 5.80. The van der Waals surface area contributed by atoms with Crippen molar-refractivity contribution in [3.05, 3.63) is 36.1 Å². The Labute approximate surface area is 103 Å². The average Bonchev–Trinajstić information content (AvgIpc) is 2.69. The van der Waals surface area contributed by atoms with Crippen molar-refractivity contribution in [1.29, 1.82) is 0 Å². The Morgan fingerprint density at radius 3 is 2.71 bits per heavy atom. The van der Waals surface area contributed by atoms with Gasteiger partial charge in [-0.25, -0.2) is 0 Å². The molecule has 0 spiro atoms. The number of rotatable bonds is 5. The summed E-state index contributed by atoms with van der Waals surface area (Å²) in [6.45, 7) is 7.63. The molecule has 1 unspecified atom stereocenters. The third-order valence-electron chi connectivity index (χ3n) is 3.03. The molecule has 0 amide bonds. The van der Waals surface area contributed by atoms with Gasteiger partial charge in [0.15, 0.2) is 0 Å². The SMILES string of the molecule is CC(C)CC(C)NCc1coc2ccccc12. The summed E-state index contributed by atoms with van der Waals surface area (Å²) in [6, 6.07) is 8.73. The van der Waals surface area contributed by atoms with E-state index in [1.807, 2.05) is 18.4 Å². The Balaban J connectivity index is 1.99. The van der Waals surface area contributed by atoms with E-state index in [0.29, 0.717) is 6.04 Å². The molecule has 17 heavy (non-hydrogen) atoms. The predicted octanol–water partition coefficient (Wildman–Crippen LogP) is 3.96. The first-order valence-electron chi connectivity index (χ1n) is 6.35. The molecule has 1 aromatic heterocycles. The van der Waals surface area contributed by atoms with E-state index in [1.165, 1.54) is 17.4 Å². The minimum Gasteiger partial charge on any atom is -0.464 e. The van der Waals surface area contributed by atoms with Crippen LogP contribution in [-0.2, 0) is 6.54 Å². The minimum atomic E-state index is 0.545. The van der Waals surface area contributed by atoms with Crippen molar-refractivity contribution in [3.8, 4) is 0 Å². The molecule has 2 rings (SSSR count). The quantitative estimate of drug-likeness (QED) is 0.842. The number of benzene rings is 1. The average molecular weight is 231 g/mol. The maximum atomic E-state index is 5.52. The van der Waals surface area contributed by atoms with Crippen LogP contribution in [0.5, 0.6) is 0 Å². The van der Waals surface area contributed by atoms with Crippen LogP contribution in [0.25, 0.3) is 11.0 Å². The van der Waals surface area contributed by atoms with Crippen LogP contribution in [0.4, 0.5) is 0 Å². The van der Waals surface area contributed by atoms with E-state index in [2.05, 4.69) is 38.2 Å².